The van der Waals surface area contributed by atoms with Gasteiger partial charge in [-0.05, 0) is 68.3 Å². The number of nitrogens with zero attached hydrogens (tertiary/aromatic N) is 1. The first-order chi connectivity index (χ1) is 15.9. The van der Waals surface area contributed by atoms with Crippen LogP contribution < -0.4 is 24.3 Å². The maximum absolute atomic E-state index is 12.2. The largest absolute Gasteiger partial charge is 0.497 e. The number of esters is 1. The average Bonchev–Trinajstić information content (AvgIpc) is 2.80. The number of rotatable bonds is 11. The summed E-state index contributed by atoms with van der Waals surface area (Å²) in [6.07, 6.45) is 2.09. The van der Waals surface area contributed by atoms with E-state index >= 15 is 0 Å². The van der Waals surface area contributed by atoms with Gasteiger partial charge in [-0.2, -0.15) is 5.26 Å². The van der Waals surface area contributed by atoms with Crippen molar-refractivity contribution in [2.75, 3.05) is 20.8 Å². The number of benzene rings is 2. The van der Waals surface area contributed by atoms with Gasteiger partial charge in [-0.3, -0.25) is 9.59 Å². The lowest BCUT2D eigenvalue weighted by Crippen LogP contribution is -2.30. The molecule has 174 valence electrons. The van der Waals surface area contributed by atoms with Gasteiger partial charge in [0, 0.05) is 12.5 Å². The molecule has 0 radical (unpaired) electrons. The van der Waals surface area contributed by atoms with Gasteiger partial charge in [0.2, 0.25) is 0 Å². The third-order valence-electron chi connectivity index (χ3n) is 4.36. The van der Waals surface area contributed by atoms with Crippen LogP contribution in [0.5, 0.6) is 23.0 Å². The first-order valence-electron chi connectivity index (χ1n) is 10.4. The first kappa shape index (κ1) is 25.3. The van der Waals surface area contributed by atoms with Crippen LogP contribution in [-0.2, 0) is 9.59 Å². The molecule has 0 saturated carbocycles. The molecule has 2 aromatic carbocycles. The van der Waals surface area contributed by atoms with Crippen LogP contribution in [0.4, 0.5) is 0 Å². The molecule has 0 aliphatic rings. The highest BCUT2D eigenvalue weighted by molar-refractivity contribution is 6.01. The van der Waals surface area contributed by atoms with Crippen LogP contribution >= 0.6 is 0 Å². The summed E-state index contributed by atoms with van der Waals surface area (Å²) in [4.78, 5) is 24.3. The Bertz CT molecular complexity index is 1020. The summed E-state index contributed by atoms with van der Waals surface area (Å²) in [5, 5.41) is 11.9. The molecule has 33 heavy (non-hydrogen) atoms. The summed E-state index contributed by atoms with van der Waals surface area (Å²) in [6, 6.07) is 13.8. The number of hydrogen-bond acceptors (Lipinski definition) is 7. The second-order valence-electron chi connectivity index (χ2n) is 7.31. The molecule has 2 rings (SSSR count). The minimum Gasteiger partial charge on any atom is -0.497 e. The fourth-order valence-electron chi connectivity index (χ4n) is 2.77. The lowest BCUT2D eigenvalue weighted by molar-refractivity contribution is -0.134. The van der Waals surface area contributed by atoms with Crippen molar-refractivity contribution in [1.29, 1.82) is 5.26 Å². The Hall–Kier alpha value is -3.99. The molecular weight excluding hydrogens is 424 g/mol. The summed E-state index contributed by atoms with van der Waals surface area (Å²) in [6.45, 7) is 3.98. The molecule has 0 heterocycles. The van der Waals surface area contributed by atoms with Crippen LogP contribution in [0, 0.1) is 11.3 Å². The number of nitriles is 1. The number of amides is 1. The van der Waals surface area contributed by atoms with E-state index in [1.165, 1.54) is 13.2 Å². The molecule has 0 spiro atoms. The summed E-state index contributed by atoms with van der Waals surface area (Å²) < 4.78 is 21.4. The lowest BCUT2D eigenvalue weighted by Gasteiger charge is -2.11. The van der Waals surface area contributed by atoms with E-state index in [2.05, 4.69) is 5.32 Å². The van der Waals surface area contributed by atoms with E-state index in [4.69, 9.17) is 18.9 Å². The van der Waals surface area contributed by atoms with E-state index in [9.17, 15) is 14.9 Å². The Labute approximate surface area is 193 Å². The van der Waals surface area contributed by atoms with Gasteiger partial charge in [0.1, 0.15) is 23.1 Å². The minimum absolute atomic E-state index is 0.0349. The Morgan fingerprint density at radius 2 is 1.73 bits per heavy atom. The van der Waals surface area contributed by atoms with Crippen molar-refractivity contribution < 1.29 is 28.5 Å². The van der Waals surface area contributed by atoms with Gasteiger partial charge in [-0.15, -0.1) is 0 Å². The van der Waals surface area contributed by atoms with Crippen LogP contribution in [0.2, 0.25) is 0 Å². The Balaban J connectivity index is 1.92. The zero-order valence-corrected chi connectivity index (χ0v) is 19.2. The molecule has 8 nitrogen and oxygen atoms in total. The van der Waals surface area contributed by atoms with E-state index in [0.717, 1.165) is 5.75 Å². The van der Waals surface area contributed by atoms with Crippen LogP contribution in [-0.4, -0.2) is 38.7 Å². The minimum atomic E-state index is -0.459. The van der Waals surface area contributed by atoms with E-state index in [0.29, 0.717) is 30.1 Å². The number of ether oxygens (including phenoxy) is 4. The topological polar surface area (TPSA) is 107 Å². The molecule has 0 aliphatic carbocycles. The predicted molar refractivity (Wildman–Crippen MR) is 123 cm³/mol. The van der Waals surface area contributed by atoms with E-state index in [-0.39, 0.29) is 23.8 Å². The number of carbonyl (C=O) groups is 2. The molecule has 0 unspecified atom stereocenters. The fraction of sp³-hybridized carbons (Fsp3) is 0.320. The van der Waals surface area contributed by atoms with Crippen LogP contribution in [0.15, 0.2) is 48.0 Å². The second-order valence-corrected chi connectivity index (χ2v) is 7.31. The van der Waals surface area contributed by atoms with Gasteiger partial charge in [-0.25, -0.2) is 0 Å². The molecule has 0 aliphatic heterocycles. The van der Waals surface area contributed by atoms with Gasteiger partial charge in [-0.1, -0.05) is 6.07 Å². The molecule has 1 N–H and O–H groups in total. The van der Waals surface area contributed by atoms with Crippen molar-refractivity contribution in [3.8, 4) is 29.1 Å². The van der Waals surface area contributed by atoms with Crippen LogP contribution in [0.25, 0.3) is 6.08 Å². The highest BCUT2D eigenvalue weighted by Crippen LogP contribution is 2.29. The number of carbonyl (C=O) groups excluding carboxylic acids is 2. The van der Waals surface area contributed by atoms with Gasteiger partial charge in [0.15, 0.2) is 11.5 Å². The van der Waals surface area contributed by atoms with E-state index in [1.54, 1.807) is 49.6 Å². The quantitative estimate of drug-likeness (QED) is 0.181. The Kier molecular flexibility index (Phi) is 9.78. The third-order valence-corrected chi connectivity index (χ3v) is 4.36. The average molecular weight is 453 g/mol. The number of hydrogen-bond donors (Lipinski definition) is 1. The van der Waals surface area contributed by atoms with Crippen molar-refractivity contribution in [1.82, 2.24) is 5.32 Å². The zero-order chi connectivity index (χ0) is 24.2. The second kappa shape index (κ2) is 12.8. The monoisotopic (exact) mass is 452 g/mol. The van der Waals surface area contributed by atoms with Crippen molar-refractivity contribution in [3.05, 3.63) is 53.6 Å². The van der Waals surface area contributed by atoms with E-state index < -0.39 is 11.9 Å². The zero-order valence-electron chi connectivity index (χ0n) is 19.2. The predicted octanol–water partition coefficient (Wildman–Crippen LogP) is 3.90. The number of nitrogens with one attached hydrogen (secondary N) is 1. The number of methoxy groups -OCH3 is 2. The third kappa shape index (κ3) is 8.22. The van der Waals surface area contributed by atoms with Gasteiger partial charge < -0.3 is 24.3 Å². The fourth-order valence-corrected chi connectivity index (χ4v) is 2.77. The van der Waals surface area contributed by atoms with Crippen LogP contribution in [0.3, 0.4) is 0 Å². The van der Waals surface area contributed by atoms with Crippen molar-refractivity contribution in [2.24, 2.45) is 0 Å². The lowest BCUT2D eigenvalue weighted by atomic mass is 10.1. The smallest absolute Gasteiger partial charge is 0.311 e. The summed E-state index contributed by atoms with van der Waals surface area (Å²) in [5.41, 5.74) is 0.530. The standard InChI is InChI=1S/C25H28N2O6/c1-17(2)27-25(29)19(16-26)14-18-7-12-22(23(15-18)31-4)33-24(28)6-5-13-32-21-10-8-20(30-3)9-11-21/h7-12,14-15,17H,5-6,13H2,1-4H3,(H,27,29)/b19-14+. The van der Waals surface area contributed by atoms with Crippen LogP contribution in [0.1, 0.15) is 32.3 Å². The molecule has 1 amide bonds. The molecule has 0 atom stereocenters. The van der Waals surface area contributed by atoms with Crippen molar-refractivity contribution in [2.45, 2.75) is 32.7 Å². The van der Waals surface area contributed by atoms with Crippen molar-refractivity contribution in [3.63, 3.8) is 0 Å². The normalized spacial score (nSPS) is 10.8. The Morgan fingerprint density at radius 3 is 2.33 bits per heavy atom. The van der Waals surface area contributed by atoms with Gasteiger partial charge >= 0.3 is 5.97 Å². The first-order valence-corrected chi connectivity index (χ1v) is 10.4. The Morgan fingerprint density at radius 1 is 1.03 bits per heavy atom. The molecule has 0 saturated heterocycles. The molecule has 8 heteroatoms. The summed E-state index contributed by atoms with van der Waals surface area (Å²) in [5.74, 6) is 1.11. The maximum atomic E-state index is 12.2. The van der Waals surface area contributed by atoms with Gasteiger partial charge in [0.05, 0.1) is 20.8 Å². The van der Waals surface area contributed by atoms with Crippen molar-refractivity contribution >= 4 is 18.0 Å². The maximum Gasteiger partial charge on any atom is 0.311 e. The molecule has 0 fully saturated rings. The van der Waals surface area contributed by atoms with Gasteiger partial charge in [0.25, 0.3) is 5.91 Å². The van der Waals surface area contributed by atoms with E-state index in [1.807, 2.05) is 19.9 Å². The molecular formula is C25H28N2O6. The highest BCUT2D eigenvalue weighted by Gasteiger charge is 2.13. The SMILES string of the molecule is COc1ccc(OCCCC(=O)Oc2ccc(/C=C(\C#N)C(=O)NC(C)C)cc2OC)cc1. The highest BCUT2D eigenvalue weighted by atomic mass is 16.6. The molecule has 0 bridgehead atoms. The summed E-state index contributed by atoms with van der Waals surface area (Å²) >= 11 is 0. The molecule has 0 aromatic heterocycles. The molecule has 2 aromatic rings. The summed E-state index contributed by atoms with van der Waals surface area (Å²) in [7, 11) is 3.04.